The Bertz CT molecular complexity index is 665. The molecule has 1 aromatic carbocycles. The molecule has 0 radical (unpaired) electrons. The van der Waals surface area contributed by atoms with Gasteiger partial charge in [-0.25, -0.2) is 0 Å². The Morgan fingerprint density at radius 3 is 2.70 bits per heavy atom. The monoisotopic (exact) mass is 286 g/mol. The minimum Gasteiger partial charge on any atom is -0.385 e. The third-order valence-corrected chi connectivity index (χ3v) is 4.14. The maximum atomic E-state index is 11.9. The standard InChI is InChI=1S/C15H14N2O2S/c1-17-14(18)12-3-2-11(8-13(12)15(17)19)16-6-4-10-5-7-20-9-10/h2-3,5,7-9,16H,4,6H2,1H3. The van der Waals surface area contributed by atoms with Gasteiger partial charge in [-0.15, -0.1) is 0 Å². The first-order valence-electron chi connectivity index (χ1n) is 6.38. The van der Waals surface area contributed by atoms with Gasteiger partial charge < -0.3 is 5.32 Å². The number of benzene rings is 1. The number of hydrogen-bond acceptors (Lipinski definition) is 4. The average molecular weight is 286 g/mol. The van der Waals surface area contributed by atoms with Crippen LogP contribution >= 0.6 is 11.3 Å². The fourth-order valence-electron chi connectivity index (χ4n) is 2.26. The fourth-order valence-corrected chi connectivity index (χ4v) is 2.96. The second-order valence-electron chi connectivity index (χ2n) is 4.74. The number of nitrogens with zero attached hydrogens (tertiary/aromatic N) is 1. The molecule has 0 saturated carbocycles. The van der Waals surface area contributed by atoms with E-state index in [1.165, 1.54) is 12.6 Å². The molecule has 0 spiro atoms. The number of hydrogen-bond donors (Lipinski definition) is 1. The van der Waals surface area contributed by atoms with Crippen molar-refractivity contribution in [3.63, 3.8) is 0 Å². The minimum atomic E-state index is -0.230. The number of carbonyl (C=O) groups is 2. The van der Waals surface area contributed by atoms with Gasteiger partial charge in [0.2, 0.25) is 0 Å². The molecular weight excluding hydrogens is 272 g/mol. The van der Waals surface area contributed by atoms with Crippen LogP contribution in [0.4, 0.5) is 5.69 Å². The second kappa shape index (κ2) is 5.09. The zero-order chi connectivity index (χ0) is 14.1. The Labute approximate surface area is 121 Å². The number of nitrogens with one attached hydrogen (secondary N) is 1. The molecule has 3 rings (SSSR count). The molecular formula is C15H14N2O2S. The van der Waals surface area contributed by atoms with Crippen molar-refractivity contribution in [3.05, 3.63) is 51.7 Å². The van der Waals surface area contributed by atoms with Gasteiger partial charge in [-0.2, -0.15) is 11.3 Å². The van der Waals surface area contributed by atoms with Gasteiger partial charge in [0.1, 0.15) is 0 Å². The van der Waals surface area contributed by atoms with Crippen molar-refractivity contribution in [2.75, 3.05) is 18.9 Å². The summed E-state index contributed by atoms with van der Waals surface area (Å²) in [5.74, 6) is -0.457. The molecule has 4 nitrogen and oxygen atoms in total. The third kappa shape index (κ3) is 2.20. The molecule has 0 bridgehead atoms. The lowest BCUT2D eigenvalue weighted by Crippen LogP contribution is -2.24. The number of carbonyl (C=O) groups excluding carboxylic acids is 2. The number of imide groups is 1. The molecule has 0 atom stereocenters. The summed E-state index contributed by atoms with van der Waals surface area (Å²) in [6.45, 7) is 0.799. The quantitative estimate of drug-likeness (QED) is 0.879. The number of anilines is 1. The Balaban J connectivity index is 1.70. The molecule has 20 heavy (non-hydrogen) atoms. The van der Waals surface area contributed by atoms with Crippen molar-refractivity contribution in [3.8, 4) is 0 Å². The van der Waals surface area contributed by atoms with E-state index in [4.69, 9.17) is 0 Å². The average Bonchev–Trinajstić information content (AvgIpc) is 3.04. The summed E-state index contributed by atoms with van der Waals surface area (Å²) in [6.07, 6.45) is 0.938. The first-order valence-corrected chi connectivity index (χ1v) is 7.32. The molecule has 1 aliphatic rings. The summed E-state index contributed by atoms with van der Waals surface area (Å²) in [4.78, 5) is 24.8. The Kier molecular flexibility index (Phi) is 3.28. The molecule has 1 N–H and O–H groups in total. The Hall–Kier alpha value is -2.14. The van der Waals surface area contributed by atoms with Crippen LogP contribution in [0.1, 0.15) is 26.3 Å². The highest BCUT2D eigenvalue weighted by Crippen LogP contribution is 2.24. The Morgan fingerprint density at radius 1 is 1.15 bits per heavy atom. The molecule has 1 aromatic heterocycles. The van der Waals surface area contributed by atoms with Gasteiger partial charge in [0.25, 0.3) is 11.8 Å². The molecule has 2 aromatic rings. The summed E-state index contributed by atoms with van der Waals surface area (Å²) in [5.41, 5.74) is 3.14. The zero-order valence-corrected chi connectivity index (χ0v) is 11.9. The maximum Gasteiger partial charge on any atom is 0.261 e. The van der Waals surface area contributed by atoms with Crippen LogP contribution in [0, 0.1) is 0 Å². The van der Waals surface area contributed by atoms with E-state index in [9.17, 15) is 9.59 Å². The lowest BCUT2D eigenvalue weighted by Gasteiger charge is -2.06. The van der Waals surface area contributed by atoms with Crippen LogP contribution in [-0.2, 0) is 6.42 Å². The highest BCUT2D eigenvalue weighted by molar-refractivity contribution is 7.07. The minimum absolute atomic E-state index is 0.227. The Morgan fingerprint density at radius 2 is 1.95 bits per heavy atom. The molecule has 5 heteroatoms. The van der Waals surface area contributed by atoms with Crippen LogP contribution in [0.5, 0.6) is 0 Å². The normalized spacial score (nSPS) is 13.8. The third-order valence-electron chi connectivity index (χ3n) is 3.41. The van der Waals surface area contributed by atoms with E-state index in [-0.39, 0.29) is 11.8 Å². The number of thiophene rings is 1. The molecule has 102 valence electrons. The van der Waals surface area contributed by atoms with Gasteiger partial charge in [0.15, 0.2) is 0 Å². The topological polar surface area (TPSA) is 49.4 Å². The van der Waals surface area contributed by atoms with E-state index < -0.39 is 0 Å². The van der Waals surface area contributed by atoms with Crippen molar-refractivity contribution < 1.29 is 9.59 Å². The van der Waals surface area contributed by atoms with Gasteiger partial charge in [0, 0.05) is 19.3 Å². The highest BCUT2D eigenvalue weighted by Gasteiger charge is 2.32. The maximum absolute atomic E-state index is 11.9. The van der Waals surface area contributed by atoms with Crippen LogP contribution < -0.4 is 5.32 Å². The highest BCUT2D eigenvalue weighted by atomic mass is 32.1. The van der Waals surface area contributed by atoms with Crippen molar-refractivity contribution in [1.82, 2.24) is 4.90 Å². The summed E-state index contributed by atoms with van der Waals surface area (Å²) < 4.78 is 0. The summed E-state index contributed by atoms with van der Waals surface area (Å²) in [6, 6.07) is 7.42. The molecule has 0 aliphatic carbocycles. The van der Waals surface area contributed by atoms with Crippen molar-refractivity contribution >= 4 is 28.8 Å². The summed E-state index contributed by atoms with van der Waals surface area (Å²) in [5, 5.41) is 7.47. The molecule has 1 aliphatic heterocycles. The summed E-state index contributed by atoms with van der Waals surface area (Å²) >= 11 is 1.69. The van der Waals surface area contributed by atoms with E-state index in [0.29, 0.717) is 11.1 Å². The van der Waals surface area contributed by atoms with E-state index in [1.807, 2.05) is 6.07 Å². The van der Waals surface area contributed by atoms with Crippen molar-refractivity contribution in [2.45, 2.75) is 6.42 Å². The van der Waals surface area contributed by atoms with E-state index in [2.05, 4.69) is 22.1 Å². The van der Waals surface area contributed by atoms with Gasteiger partial charge in [-0.05, 0) is 47.0 Å². The van der Waals surface area contributed by atoms with Crippen LogP contribution in [0.3, 0.4) is 0 Å². The van der Waals surface area contributed by atoms with Gasteiger partial charge in [-0.3, -0.25) is 14.5 Å². The van der Waals surface area contributed by atoms with E-state index in [1.54, 1.807) is 23.5 Å². The lowest BCUT2D eigenvalue weighted by atomic mass is 10.1. The SMILES string of the molecule is CN1C(=O)c2ccc(NCCc3ccsc3)cc2C1=O. The van der Waals surface area contributed by atoms with E-state index >= 15 is 0 Å². The van der Waals surface area contributed by atoms with Crippen LogP contribution in [0.25, 0.3) is 0 Å². The van der Waals surface area contributed by atoms with Crippen molar-refractivity contribution in [2.24, 2.45) is 0 Å². The fraction of sp³-hybridized carbons (Fsp3) is 0.200. The lowest BCUT2D eigenvalue weighted by molar-refractivity contribution is 0.0693. The molecule has 0 fully saturated rings. The molecule has 2 amide bonds. The van der Waals surface area contributed by atoms with Gasteiger partial charge >= 0.3 is 0 Å². The summed E-state index contributed by atoms with van der Waals surface area (Å²) in [7, 11) is 1.51. The zero-order valence-electron chi connectivity index (χ0n) is 11.1. The molecule has 0 unspecified atom stereocenters. The predicted octanol–water partition coefficient (Wildman–Crippen LogP) is 2.63. The first-order chi connectivity index (χ1) is 9.66. The van der Waals surface area contributed by atoms with Gasteiger partial charge in [-0.1, -0.05) is 0 Å². The van der Waals surface area contributed by atoms with Crippen LogP contribution in [-0.4, -0.2) is 30.3 Å². The molecule has 2 heterocycles. The number of amides is 2. The van der Waals surface area contributed by atoms with Crippen molar-refractivity contribution in [1.29, 1.82) is 0 Å². The number of rotatable bonds is 4. The van der Waals surface area contributed by atoms with Crippen LogP contribution in [0.15, 0.2) is 35.0 Å². The first kappa shape index (κ1) is 12.9. The smallest absolute Gasteiger partial charge is 0.261 e. The van der Waals surface area contributed by atoms with Gasteiger partial charge in [0.05, 0.1) is 11.1 Å². The van der Waals surface area contributed by atoms with Crippen LogP contribution in [0.2, 0.25) is 0 Å². The number of fused-ring (bicyclic) bond motifs is 1. The predicted molar refractivity (Wildman–Crippen MR) is 79.4 cm³/mol. The largest absolute Gasteiger partial charge is 0.385 e. The molecule has 0 saturated heterocycles. The van der Waals surface area contributed by atoms with E-state index in [0.717, 1.165) is 23.6 Å². The second-order valence-corrected chi connectivity index (χ2v) is 5.52.